The Kier molecular flexibility index (Phi) is 5.85. The first kappa shape index (κ1) is 19.4. The average Bonchev–Trinajstić information content (AvgIpc) is 3.09. The van der Waals surface area contributed by atoms with Crippen LogP contribution in [-0.2, 0) is 11.8 Å². The normalized spacial score (nSPS) is 16.9. The fourth-order valence-corrected chi connectivity index (χ4v) is 3.90. The van der Waals surface area contributed by atoms with Crippen LogP contribution >= 0.6 is 0 Å². The molecule has 3 rings (SSSR count). The zero-order valence-electron chi connectivity index (χ0n) is 17.1. The van der Waals surface area contributed by atoms with Crippen LogP contribution in [0.25, 0.3) is 5.57 Å². The van der Waals surface area contributed by atoms with Crippen molar-refractivity contribution in [2.45, 2.75) is 51.9 Å². The first-order chi connectivity index (χ1) is 12.8. The minimum Gasteiger partial charge on any atom is -0.0992 e. The van der Waals surface area contributed by atoms with Gasteiger partial charge in [-0.05, 0) is 53.4 Å². The molecule has 0 unspecified atom stereocenters. The molecule has 1 aliphatic rings. The van der Waals surface area contributed by atoms with Crippen LogP contribution in [0, 0.1) is 5.92 Å². The van der Waals surface area contributed by atoms with Gasteiger partial charge in [0.1, 0.15) is 0 Å². The monoisotopic (exact) mass is 356 g/mol. The van der Waals surface area contributed by atoms with Crippen LogP contribution in [0.3, 0.4) is 0 Å². The molecule has 1 aliphatic carbocycles. The highest BCUT2D eigenvalue weighted by Gasteiger charge is 2.20. The maximum Gasteiger partial charge on any atom is 0.00238 e. The summed E-state index contributed by atoms with van der Waals surface area (Å²) < 4.78 is 0. The molecule has 0 amide bonds. The van der Waals surface area contributed by atoms with Crippen molar-refractivity contribution in [2.24, 2.45) is 5.92 Å². The summed E-state index contributed by atoms with van der Waals surface area (Å²) in [5.41, 5.74) is 8.29. The van der Waals surface area contributed by atoms with E-state index in [2.05, 4.69) is 94.6 Å². The van der Waals surface area contributed by atoms with Crippen molar-refractivity contribution in [2.75, 3.05) is 0 Å². The van der Waals surface area contributed by atoms with Gasteiger partial charge < -0.3 is 0 Å². The summed E-state index contributed by atoms with van der Waals surface area (Å²) in [7, 11) is 0. The Labute approximate surface area is 165 Å². The number of benzene rings is 2. The standard InChI is InChI=1S/C27H32/c1-20(16-22-10-9-13-26(19-22)27(3,4)5)17-23-14-15-25(18-23)21(2)24-11-7-6-8-12-24/h6-13,18-19,25H,1-2,14-17H2,3-5H3/t25-/m0/s1. The van der Waals surface area contributed by atoms with E-state index in [4.69, 9.17) is 0 Å². The number of hydrogen-bond donors (Lipinski definition) is 0. The van der Waals surface area contributed by atoms with Gasteiger partial charge in [0.2, 0.25) is 0 Å². The van der Waals surface area contributed by atoms with E-state index in [-0.39, 0.29) is 5.41 Å². The summed E-state index contributed by atoms with van der Waals surface area (Å²) in [5, 5.41) is 0. The van der Waals surface area contributed by atoms with E-state index < -0.39 is 0 Å². The van der Waals surface area contributed by atoms with Crippen LogP contribution < -0.4 is 0 Å². The molecule has 140 valence electrons. The molecule has 0 saturated carbocycles. The smallest absolute Gasteiger partial charge is 0.00238 e. The summed E-state index contributed by atoms with van der Waals surface area (Å²) in [5.74, 6) is 0.472. The van der Waals surface area contributed by atoms with Crippen molar-refractivity contribution in [3.8, 4) is 0 Å². The lowest BCUT2D eigenvalue weighted by molar-refractivity contribution is 0.589. The zero-order valence-corrected chi connectivity index (χ0v) is 17.1. The molecule has 0 aliphatic heterocycles. The Morgan fingerprint density at radius 3 is 2.41 bits per heavy atom. The van der Waals surface area contributed by atoms with E-state index in [0.717, 1.165) is 19.3 Å². The van der Waals surface area contributed by atoms with Crippen LogP contribution in [0.1, 0.15) is 56.7 Å². The van der Waals surface area contributed by atoms with Crippen molar-refractivity contribution < 1.29 is 0 Å². The molecule has 27 heavy (non-hydrogen) atoms. The molecule has 0 aromatic heterocycles. The van der Waals surface area contributed by atoms with Crippen LogP contribution in [0.15, 0.2) is 85.0 Å². The minimum absolute atomic E-state index is 0.191. The van der Waals surface area contributed by atoms with Gasteiger partial charge in [-0.3, -0.25) is 0 Å². The van der Waals surface area contributed by atoms with Crippen LogP contribution in [0.4, 0.5) is 0 Å². The molecule has 0 heterocycles. The van der Waals surface area contributed by atoms with Gasteiger partial charge in [0.05, 0.1) is 0 Å². The highest BCUT2D eigenvalue weighted by molar-refractivity contribution is 5.67. The molecule has 0 heteroatoms. The summed E-state index contributed by atoms with van der Waals surface area (Å²) in [6.45, 7) is 15.5. The van der Waals surface area contributed by atoms with Gasteiger partial charge in [0, 0.05) is 5.92 Å². The van der Waals surface area contributed by atoms with E-state index in [1.165, 1.54) is 39.8 Å². The third-order valence-electron chi connectivity index (χ3n) is 5.53. The van der Waals surface area contributed by atoms with Crippen molar-refractivity contribution in [3.63, 3.8) is 0 Å². The largest absolute Gasteiger partial charge is 0.0992 e. The number of allylic oxidation sites excluding steroid dienone is 4. The lowest BCUT2D eigenvalue weighted by atomic mass is 9.85. The predicted octanol–water partition coefficient (Wildman–Crippen LogP) is 7.52. The van der Waals surface area contributed by atoms with Gasteiger partial charge in [-0.1, -0.05) is 106 Å². The second-order valence-electron chi connectivity index (χ2n) is 8.92. The van der Waals surface area contributed by atoms with Gasteiger partial charge in [0.15, 0.2) is 0 Å². The lowest BCUT2D eigenvalue weighted by Gasteiger charge is -2.20. The SMILES string of the molecule is C=C(CC1=C[C@@H](C(=C)c2ccccc2)CC1)Cc1cccc(C(C)(C)C)c1. The molecule has 0 nitrogen and oxygen atoms in total. The van der Waals surface area contributed by atoms with E-state index in [9.17, 15) is 0 Å². The Hall–Kier alpha value is -2.34. The number of rotatable bonds is 6. The molecular formula is C27H32. The van der Waals surface area contributed by atoms with Crippen molar-refractivity contribution in [3.05, 3.63) is 102 Å². The molecule has 2 aromatic rings. The first-order valence-corrected chi connectivity index (χ1v) is 10.0. The van der Waals surface area contributed by atoms with Crippen LogP contribution in [0.2, 0.25) is 0 Å². The minimum atomic E-state index is 0.191. The molecule has 0 bridgehead atoms. The van der Waals surface area contributed by atoms with Gasteiger partial charge in [0.25, 0.3) is 0 Å². The van der Waals surface area contributed by atoms with E-state index in [0.29, 0.717) is 5.92 Å². The molecule has 0 N–H and O–H groups in total. The quantitative estimate of drug-likeness (QED) is 0.469. The topological polar surface area (TPSA) is 0 Å². The molecular weight excluding hydrogens is 324 g/mol. The van der Waals surface area contributed by atoms with Gasteiger partial charge >= 0.3 is 0 Å². The van der Waals surface area contributed by atoms with Crippen molar-refractivity contribution in [1.82, 2.24) is 0 Å². The Morgan fingerprint density at radius 2 is 1.70 bits per heavy atom. The van der Waals surface area contributed by atoms with Crippen molar-refractivity contribution >= 4 is 5.57 Å². The fourth-order valence-electron chi connectivity index (χ4n) is 3.90. The summed E-state index contributed by atoms with van der Waals surface area (Å²) in [6, 6.07) is 19.5. The van der Waals surface area contributed by atoms with Crippen LogP contribution in [-0.4, -0.2) is 0 Å². The van der Waals surface area contributed by atoms with Gasteiger partial charge in [-0.15, -0.1) is 0 Å². The molecule has 0 spiro atoms. The third-order valence-corrected chi connectivity index (χ3v) is 5.53. The lowest BCUT2D eigenvalue weighted by Crippen LogP contribution is -2.11. The van der Waals surface area contributed by atoms with Crippen molar-refractivity contribution in [1.29, 1.82) is 0 Å². The van der Waals surface area contributed by atoms with E-state index in [1.54, 1.807) is 0 Å². The Balaban J connectivity index is 1.61. The second kappa shape index (κ2) is 8.13. The van der Waals surface area contributed by atoms with Gasteiger partial charge in [-0.25, -0.2) is 0 Å². The fraction of sp³-hybridized carbons (Fsp3) is 0.333. The van der Waals surface area contributed by atoms with E-state index in [1.807, 2.05) is 0 Å². The predicted molar refractivity (Wildman–Crippen MR) is 119 cm³/mol. The zero-order chi connectivity index (χ0) is 19.4. The second-order valence-corrected chi connectivity index (χ2v) is 8.92. The Morgan fingerprint density at radius 1 is 0.963 bits per heavy atom. The maximum atomic E-state index is 4.37. The molecule has 0 saturated heterocycles. The van der Waals surface area contributed by atoms with E-state index >= 15 is 0 Å². The summed E-state index contributed by atoms with van der Waals surface area (Å²) in [4.78, 5) is 0. The highest BCUT2D eigenvalue weighted by Crippen LogP contribution is 2.36. The summed E-state index contributed by atoms with van der Waals surface area (Å²) in [6.07, 6.45) is 6.75. The van der Waals surface area contributed by atoms with Crippen LogP contribution in [0.5, 0.6) is 0 Å². The first-order valence-electron chi connectivity index (χ1n) is 10.0. The highest BCUT2D eigenvalue weighted by atomic mass is 14.2. The number of hydrogen-bond acceptors (Lipinski definition) is 0. The molecule has 2 aromatic carbocycles. The summed E-state index contributed by atoms with van der Waals surface area (Å²) >= 11 is 0. The molecule has 1 atom stereocenters. The average molecular weight is 357 g/mol. The molecule has 0 fully saturated rings. The third kappa shape index (κ3) is 5.10. The maximum absolute atomic E-state index is 4.37. The Bertz CT molecular complexity index is 843. The van der Waals surface area contributed by atoms with Gasteiger partial charge in [-0.2, -0.15) is 0 Å². The molecule has 0 radical (unpaired) electrons.